The van der Waals surface area contributed by atoms with Gasteiger partial charge in [-0.15, -0.1) is 0 Å². The molecule has 1 rings (SSSR count). The highest BCUT2D eigenvalue weighted by atomic mass is 16.5. The predicted octanol–water partition coefficient (Wildman–Crippen LogP) is 3.03. The van der Waals surface area contributed by atoms with Crippen molar-refractivity contribution in [2.45, 2.75) is 32.7 Å². The summed E-state index contributed by atoms with van der Waals surface area (Å²) in [6.45, 7) is 6.00. The molecule has 1 aromatic carbocycles. The summed E-state index contributed by atoms with van der Waals surface area (Å²) in [5.41, 5.74) is 0.565. The second kappa shape index (κ2) is 7.73. The molecule has 5 nitrogen and oxygen atoms in total. The third kappa shape index (κ3) is 4.69. The van der Waals surface area contributed by atoms with Gasteiger partial charge in [0.1, 0.15) is 0 Å². The second-order valence-electron chi connectivity index (χ2n) is 5.52. The summed E-state index contributed by atoms with van der Waals surface area (Å²) >= 11 is 0. The lowest BCUT2D eigenvalue weighted by Crippen LogP contribution is -2.41. The monoisotopic (exact) mass is 307 g/mol. The maximum Gasteiger partial charge on any atom is 0.244 e. The lowest BCUT2D eigenvalue weighted by molar-refractivity contribution is -0.117. The zero-order valence-electron chi connectivity index (χ0n) is 14.1. The normalized spacial score (nSPS) is 11.4. The van der Waals surface area contributed by atoms with Gasteiger partial charge in [-0.3, -0.25) is 4.79 Å². The van der Waals surface area contributed by atoms with Crippen molar-refractivity contribution in [3.05, 3.63) is 23.8 Å². The number of carbonyl (C=O) groups is 1. The molecule has 0 aromatic heterocycles. The first-order valence-electron chi connectivity index (χ1n) is 7.17. The third-order valence-electron chi connectivity index (χ3n) is 3.46. The van der Waals surface area contributed by atoms with E-state index in [1.54, 1.807) is 39.5 Å². The van der Waals surface area contributed by atoms with Crippen LogP contribution >= 0.6 is 0 Å². The van der Waals surface area contributed by atoms with E-state index in [1.807, 2.05) is 20.8 Å². The molecule has 1 aromatic rings. The maximum absolute atomic E-state index is 11.9. The van der Waals surface area contributed by atoms with Gasteiger partial charge in [-0.2, -0.15) is 0 Å². The van der Waals surface area contributed by atoms with Crippen LogP contribution in [0.3, 0.4) is 0 Å². The first-order chi connectivity index (χ1) is 10.4. The van der Waals surface area contributed by atoms with Crippen LogP contribution in [0, 0.1) is 0 Å². The van der Waals surface area contributed by atoms with E-state index in [1.165, 1.54) is 6.08 Å². The van der Waals surface area contributed by atoms with Crippen LogP contribution in [0.4, 0.5) is 0 Å². The van der Waals surface area contributed by atoms with Crippen LogP contribution in [0.1, 0.15) is 32.8 Å². The number of hydrogen-bond acceptors (Lipinski definition) is 4. The van der Waals surface area contributed by atoms with Gasteiger partial charge in [-0.1, -0.05) is 6.92 Å². The van der Waals surface area contributed by atoms with Crippen molar-refractivity contribution in [3.63, 3.8) is 0 Å². The zero-order chi connectivity index (χ0) is 16.8. The van der Waals surface area contributed by atoms with Crippen LogP contribution in [-0.2, 0) is 4.79 Å². The minimum absolute atomic E-state index is 0.138. The molecule has 122 valence electrons. The molecule has 0 radical (unpaired) electrons. The number of nitrogens with one attached hydrogen (secondary N) is 1. The summed E-state index contributed by atoms with van der Waals surface area (Å²) in [4.78, 5) is 11.9. The highest BCUT2D eigenvalue weighted by Crippen LogP contribution is 2.38. The molecule has 0 saturated carbocycles. The van der Waals surface area contributed by atoms with Crippen LogP contribution < -0.4 is 19.5 Å². The number of methoxy groups -OCH3 is 3. The van der Waals surface area contributed by atoms with Crippen molar-refractivity contribution in [2.75, 3.05) is 21.3 Å². The fourth-order valence-electron chi connectivity index (χ4n) is 1.83. The van der Waals surface area contributed by atoms with Crippen molar-refractivity contribution >= 4 is 12.0 Å². The van der Waals surface area contributed by atoms with Crippen LogP contribution in [0.15, 0.2) is 18.2 Å². The molecular weight excluding hydrogens is 282 g/mol. The number of hydrogen-bond donors (Lipinski definition) is 1. The largest absolute Gasteiger partial charge is 0.493 e. The van der Waals surface area contributed by atoms with Crippen molar-refractivity contribution in [1.29, 1.82) is 0 Å². The summed E-state index contributed by atoms with van der Waals surface area (Å²) in [7, 11) is 4.67. The van der Waals surface area contributed by atoms with Crippen molar-refractivity contribution in [1.82, 2.24) is 5.32 Å². The van der Waals surface area contributed by atoms with Crippen molar-refractivity contribution < 1.29 is 19.0 Å². The van der Waals surface area contributed by atoms with Gasteiger partial charge in [0.25, 0.3) is 0 Å². The Bertz CT molecular complexity index is 525. The smallest absolute Gasteiger partial charge is 0.244 e. The zero-order valence-corrected chi connectivity index (χ0v) is 14.1. The van der Waals surface area contributed by atoms with Gasteiger partial charge in [0, 0.05) is 11.6 Å². The van der Waals surface area contributed by atoms with Gasteiger partial charge in [0.2, 0.25) is 11.7 Å². The Morgan fingerprint density at radius 1 is 1.14 bits per heavy atom. The molecule has 22 heavy (non-hydrogen) atoms. The van der Waals surface area contributed by atoms with Gasteiger partial charge >= 0.3 is 0 Å². The summed E-state index contributed by atoms with van der Waals surface area (Å²) < 4.78 is 15.8. The van der Waals surface area contributed by atoms with Crippen LogP contribution in [0.5, 0.6) is 17.2 Å². The Kier molecular flexibility index (Phi) is 6.28. The summed E-state index contributed by atoms with van der Waals surface area (Å²) in [6, 6.07) is 3.58. The van der Waals surface area contributed by atoms with Gasteiger partial charge in [0.05, 0.1) is 21.3 Å². The van der Waals surface area contributed by atoms with Gasteiger partial charge in [-0.25, -0.2) is 0 Å². The molecule has 0 fully saturated rings. The number of amides is 1. The van der Waals surface area contributed by atoms with Crippen LogP contribution in [-0.4, -0.2) is 32.8 Å². The standard InChI is InChI=1S/C17H25NO4/c1-7-17(2,3)18-15(19)9-8-12-10-13(20-4)16(22-6)14(11-12)21-5/h8-11H,7H2,1-6H3,(H,18,19)/b9-8+. The highest BCUT2D eigenvalue weighted by molar-refractivity contribution is 5.92. The SMILES string of the molecule is CCC(C)(C)NC(=O)/C=C/c1cc(OC)c(OC)c(OC)c1. The lowest BCUT2D eigenvalue weighted by atomic mass is 10.0. The van der Waals surface area contributed by atoms with E-state index in [4.69, 9.17) is 14.2 Å². The number of carbonyl (C=O) groups excluding carboxylic acids is 1. The molecule has 0 aliphatic heterocycles. The summed E-state index contributed by atoms with van der Waals surface area (Å²) in [5, 5.41) is 2.94. The maximum atomic E-state index is 11.9. The number of ether oxygens (including phenoxy) is 3. The molecule has 0 heterocycles. The minimum atomic E-state index is -0.225. The molecule has 0 saturated heterocycles. The Labute approximate surface area is 132 Å². The molecule has 5 heteroatoms. The van der Waals surface area contributed by atoms with E-state index >= 15 is 0 Å². The van der Waals surface area contributed by atoms with Gasteiger partial charge in [0.15, 0.2) is 11.5 Å². The fourth-order valence-corrected chi connectivity index (χ4v) is 1.83. The van der Waals surface area contributed by atoms with Crippen LogP contribution in [0.25, 0.3) is 6.08 Å². The Hall–Kier alpha value is -2.17. The molecule has 1 amide bonds. The third-order valence-corrected chi connectivity index (χ3v) is 3.46. The molecule has 0 atom stereocenters. The van der Waals surface area contributed by atoms with Crippen molar-refractivity contribution in [2.24, 2.45) is 0 Å². The average Bonchev–Trinajstić information content (AvgIpc) is 2.51. The van der Waals surface area contributed by atoms with Crippen molar-refractivity contribution in [3.8, 4) is 17.2 Å². The quantitative estimate of drug-likeness (QED) is 0.787. The van der Waals surface area contributed by atoms with E-state index in [-0.39, 0.29) is 11.4 Å². The highest BCUT2D eigenvalue weighted by Gasteiger charge is 2.16. The number of benzene rings is 1. The molecule has 1 N–H and O–H groups in total. The molecule has 0 bridgehead atoms. The average molecular weight is 307 g/mol. The van der Waals surface area contributed by atoms with Gasteiger partial charge in [-0.05, 0) is 44.0 Å². The first-order valence-corrected chi connectivity index (χ1v) is 7.17. The predicted molar refractivity (Wildman–Crippen MR) is 87.6 cm³/mol. The molecule has 0 unspecified atom stereocenters. The molecule has 0 aliphatic carbocycles. The topological polar surface area (TPSA) is 56.8 Å². The van der Waals surface area contributed by atoms with Gasteiger partial charge < -0.3 is 19.5 Å². The van der Waals surface area contributed by atoms with E-state index in [0.717, 1.165) is 12.0 Å². The van der Waals surface area contributed by atoms with E-state index in [2.05, 4.69) is 5.32 Å². The first kappa shape index (κ1) is 17.9. The minimum Gasteiger partial charge on any atom is -0.493 e. The summed E-state index contributed by atoms with van der Waals surface area (Å²) in [5.74, 6) is 1.49. The molecule has 0 spiro atoms. The number of rotatable bonds is 7. The molecule has 0 aliphatic rings. The Balaban J connectivity index is 2.98. The Morgan fingerprint density at radius 3 is 2.09 bits per heavy atom. The van der Waals surface area contributed by atoms with E-state index in [9.17, 15) is 4.79 Å². The van der Waals surface area contributed by atoms with E-state index < -0.39 is 0 Å². The van der Waals surface area contributed by atoms with Crippen LogP contribution in [0.2, 0.25) is 0 Å². The fraction of sp³-hybridized carbons (Fsp3) is 0.471. The summed E-state index contributed by atoms with van der Waals surface area (Å²) in [6.07, 6.45) is 4.07. The second-order valence-corrected chi connectivity index (χ2v) is 5.52. The Morgan fingerprint density at radius 2 is 1.68 bits per heavy atom. The molecular formula is C17H25NO4. The van der Waals surface area contributed by atoms with E-state index in [0.29, 0.717) is 17.2 Å². The lowest BCUT2D eigenvalue weighted by Gasteiger charge is -2.23.